The van der Waals surface area contributed by atoms with Crippen LogP contribution >= 0.6 is 0 Å². The van der Waals surface area contributed by atoms with Crippen molar-refractivity contribution in [1.82, 2.24) is 10.2 Å². The molecule has 1 unspecified atom stereocenters. The topological polar surface area (TPSA) is 15.3 Å². The third kappa shape index (κ3) is 3.18. The van der Waals surface area contributed by atoms with Gasteiger partial charge < -0.3 is 5.32 Å². The quantitative estimate of drug-likeness (QED) is 0.770. The lowest BCUT2D eigenvalue weighted by molar-refractivity contribution is 0.153. The van der Waals surface area contributed by atoms with Crippen LogP contribution in [-0.4, -0.2) is 36.1 Å². The molecule has 0 aliphatic carbocycles. The number of nitrogens with zero attached hydrogens (tertiary/aromatic N) is 1. The lowest BCUT2D eigenvalue weighted by atomic mass is 9.92. The van der Waals surface area contributed by atoms with Crippen molar-refractivity contribution in [2.24, 2.45) is 0 Å². The molecule has 0 aromatic heterocycles. The van der Waals surface area contributed by atoms with Crippen LogP contribution in [0.1, 0.15) is 53.4 Å². The first-order valence-electron chi connectivity index (χ1n) is 6.66. The van der Waals surface area contributed by atoms with Crippen molar-refractivity contribution in [3.8, 4) is 0 Å². The van der Waals surface area contributed by atoms with Crippen molar-refractivity contribution in [2.75, 3.05) is 19.6 Å². The smallest absolute Gasteiger partial charge is 0.0303 e. The van der Waals surface area contributed by atoms with Crippen molar-refractivity contribution in [1.29, 1.82) is 0 Å². The Morgan fingerprint density at radius 3 is 2.47 bits per heavy atom. The van der Waals surface area contributed by atoms with Crippen LogP contribution in [0.2, 0.25) is 0 Å². The Morgan fingerprint density at radius 2 is 1.93 bits per heavy atom. The van der Waals surface area contributed by atoms with Crippen LogP contribution in [0.4, 0.5) is 0 Å². The van der Waals surface area contributed by atoms with E-state index in [1.165, 1.54) is 45.3 Å². The van der Waals surface area contributed by atoms with Crippen molar-refractivity contribution >= 4 is 0 Å². The summed E-state index contributed by atoms with van der Waals surface area (Å²) in [4.78, 5) is 2.67. The second-order valence-electron chi connectivity index (χ2n) is 5.00. The molecular formula is C13H28N2. The molecule has 1 atom stereocenters. The molecule has 1 fully saturated rings. The van der Waals surface area contributed by atoms with Gasteiger partial charge in [0, 0.05) is 18.1 Å². The van der Waals surface area contributed by atoms with Crippen LogP contribution in [0.3, 0.4) is 0 Å². The number of hydrogen-bond acceptors (Lipinski definition) is 2. The Kier molecular flexibility index (Phi) is 5.07. The summed E-state index contributed by atoms with van der Waals surface area (Å²) in [7, 11) is 0. The molecule has 1 heterocycles. The van der Waals surface area contributed by atoms with E-state index in [-0.39, 0.29) is 0 Å². The van der Waals surface area contributed by atoms with Gasteiger partial charge in [-0.1, -0.05) is 20.8 Å². The largest absolute Gasteiger partial charge is 0.310 e. The zero-order valence-electron chi connectivity index (χ0n) is 11.0. The summed E-state index contributed by atoms with van der Waals surface area (Å²) in [6.45, 7) is 13.0. The molecule has 1 aliphatic rings. The average Bonchev–Trinajstić information content (AvgIpc) is 2.51. The Morgan fingerprint density at radius 1 is 1.27 bits per heavy atom. The van der Waals surface area contributed by atoms with Crippen molar-refractivity contribution in [2.45, 2.75) is 65.0 Å². The van der Waals surface area contributed by atoms with Gasteiger partial charge in [-0.2, -0.15) is 0 Å². The summed E-state index contributed by atoms with van der Waals surface area (Å²) in [6, 6.07) is 0.738. The highest BCUT2D eigenvalue weighted by Crippen LogP contribution is 2.21. The molecule has 2 nitrogen and oxygen atoms in total. The SMILES string of the molecule is CCC(C)N1CCCNC(CC)(CC)C1. The number of hydrogen-bond donors (Lipinski definition) is 1. The Labute approximate surface area is 95.4 Å². The van der Waals surface area contributed by atoms with Gasteiger partial charge in [-0.25, -0.2) is 0 Å². The van der Waals surface area contributed by atoms with Crippen LogP contribution in [0.25, 0.3) is 0 Å². The van der Waals surface area contributed by atoms with Crippen molar-refractivity contribution in [3.63, 3.8) is 0 Å². The van der Waals surface area contributed by atoms with Crippen LogP contribution < -0.4 is 5.32 Å². The molecule has 2 heteroatoms. The summed E-state index contributed by atoms with van der Waals surface area (Å²) in [5.41, 5.74) is 0.375. The minimum atomic E-state index is 0.375. The second kappa shape index (κ2) is 5.86. The fraction of sp³-hybridized carbons (Fsp3) is 1.00. The summed E-state index contributed by atoms with van der Waals surface area (Å²) in [5, 5.41) is 3.76. The first kappa shape index (κ1) is 13.0. The summed E-state index contributed by atoms with van der Waals surface area (Å²) in [5.74, 6) is 0. The maximum Gasteiger partial charge on any atom is 0.0303 e. The summed E-state index contributed by atoms with van der Waals surface area (Å²) >= 11 is 0. The zero-order valence-corrected chi connectivity index (χ0v) is 11.0. The molecule has 0 amide bonds. The minimum absolute atomic E-state index is 0.375. The first-order valence-corrected chi connectivity index (χ1v) is 6.66. The van der Waals surface area contributed by atoms with Crippen molar-refractivity contribution < 1.29 is 0 Å². The van der Waals surface area contributed by atoms with E-state index in [2.05, 4.69) is 37.9 Å². The van der Waals surface area contributed by atoms with Crippen LogP contribution in [0, 0.1) is 0 Å². The van der Waals surface area contributed by atoms with E-state index in [1.807, 2.05) is 0 Å². The van der Waals surface area contributed by atoms with E-state index < -0.39 is 0 Å². The Balaban J connectivity index is 2.67. The molecule has 1 saturated heterocycles. The van der Waals surface area contributed by atoms with Gasteiger partial charge in [-0.15, -0.1) is 0 Å². The van der Waals surface area contributed by atoms with E-state index in [0.29, 0.717) is 5.54 Å². The first-order chi connectivity index (χ1) is 7.17. The Bertz CT molecular complexity index is 175. The predicted octanol–water partition coefficient (Wildman–Crippen LogP) is 2.64. The van der Waals surface area contributed by atoms with Gasteiger partial charge >= 0.3 is 0 Å². The van der Waals surface area contributed by atoms with E-state index in [1.54, 1.807) is 0 Å². The summed E-state index contributed by atoms with van der Waals surface area (Å²) in [6.07, 6.45) is 5.06. The highest BCUT2D eigenvalue weighted by Gasteiger charge is 2.31. The molecule has 1 N–H and O–H groups in total. The maximum absolute atomic E-state index is 3.76. The lowest BCUT2D eigenvalue weighted by Gasteiger charge is -2.37. The van der Waals surface area contributed by atoms with E-state index in [9.17, 15) is 0 Å². The maximum atomic E-state index is 3.76. The monoisotopic (exact) mass is 212 g/mol. The van der Waals surface area contributed by atoms with Gasteiger partial charge in [-0.05, 0) is 45.7 Å². The normalized spacial score (nSPS) is 24.8. The third-order valence-corrected chi connectivity index (χ3v) is 4.20. The molecule has 0 saturated carbocycles. The molecule has 0 bridgehead atoms. The highest BCUT2D eigenvalue weighted by molar-refractivity contribution is 4.92. The van der Waals surface area contributed by atoms with Gasteiger partial charge in [0.25, 0.3) is 0 Å². The predicted molar refractivity (Wildman–Crippen MR) is 67.3 cm³/mol. The number of rotatable bonds is 4. The molecule has 15 heavy (non-hydrogen) atoms. The molecule has 0 spiro atoms. The van der Waals surface area contributed by atoms with E-state index in [4.69, 9.17) is 0 Å². The van der Waals surface area contributed by atoms with E-state index >= 15 is 0 Å². The highest BCUT2D eigenvalue weighted by atomic mass is 15.2. The molecule has 0 radical (unpaired) electrons. The van der Waals surface area contributed by atoms with Crippen molar-refractivity contribution in [3.05, 3.63) is 0 Å². The third-order valence-electron chi connectivity index (χ3n) is 4.20. The minimum Gasteiger partial charge on any atom is -0.310 e. The van der Waals surface area contributed by atoms with Gasteiger partial charge in [-0.3, -0.25) is 4.90 Å². The molecule has 1 rings (SSSR count). The molecule has 90 valence electrons. The van der Waals surface area contributed by atoms with Gasteiger partial charge in [0.2, 0.25) is 0 Å². The molecule has 0 aromatic carbocycles. The molecule has 0 aromatic rings. The second-order valence-corrected chi connectivity index (χ2v) is 5.00. The van der Waals surface area contributed by atoms with E-state index in [0.717, 1.165) is 6.04 Å². The fourth-order valence-corrected chi connectivity index (χ4v) is 2.52. The Hall–Kier alpha value is -0.0800. The number of nitrogens with one attached hydrogen (secondary N) is 1. The summed E-state index contributed by atoms with van der Waals surface area (Å²) < 4.78 is 0. The van der Waals surface area contributed by atoms with Crippen LogP contribution in [0.5, 0.6) is 0 Å². The fourth-order valence-electron chi connectivity index (χ4n) is 2.52. The standard InChI is InChI=1S/C13H28N2/c1-5-12(4)15-10-8-9-14-13(6-2,7-3)11-15/h12,14H,5-11H2,1-4H3. The zero-order chi connectivity index (χ0) is 11.3. The van der Waals surface area contributed by atoms with Gasteiger partial charge in [0.05, 0.1) is 0 Å². The lowest BCUT2D eigenvalue weighted by Crippen LogP contribution is -2.52. The van der Waals surface area contributed by atoms with Gasteiger partial charge in [0.15, 0.2) is 0 Å². The molecular weight excluding hydrogens is 184 g/mol. The molecule has 1 aliphatic heterocycles. The van der Waals surface area contributed by atoms with Gasteiger partial charge in [0.1, 0.15) is 0 Å². The average molecular weight is 212 g/mol. The van der Waals surface area contributed by atoms with Crippen LogP contribution in [0.15, 0.2) is 0 Å². The van der Waals surface area contributed by atoms with Crippen LogP contribution in [-0.2, 0) is 0 Å².